The lowest BCUT2D eigenvalue weighted by Gasteiger charge is -2.46. The van der Waals surface area contributed by atoms with E-state index in [0.29, 0.717) is 0 Å². The summed E-state index contributed by atoms with van der Waals surface area (Å²) in [4.78, 5) is 2.60. The van der Waals surface area contributed by atoms with Crippen molar-refractivity contribution >= 4 is 11.6 Å². The number of likely N-dealkylation sites (N-methyl/N-ethyl adjacent to an activating group) is 1. The van der Waals surface area contributed by atoms with Gasteiger partial charge in [-0.3, -0.25) is 16.2 Å². The smallest absolute Gasteiger partial charge is 0.0435 e. The first-order valence-electron chi connectivity index (χ1n) is 8.12. The predicted octanol–water partition coefficient (Wildman–Crippen LogP) is 3.37. The van der Waals surface area contributed by atoms with Gasteiger partial charge in [-0.2, -0.15) is 0 Å². The zero-order chi connectivity index (χ0) is 15.3. The van der Waals surface area contributed by atoms with Crippen molar-refractivity contribution in [2.45, 2.75) is 57.5 Å². The highest BCUT2D eigenvalue weighted by molar-refractivity contribution is 6.30. The third kappa shape index (κ3) is 3.59. The van der Waals surface area contributed by atoms with Crippen LogP contribution in [0.15, 0.2) is 24.3 Å². The quantitative estimate of drug-likeness (QED) is 0.599. The second kappa shape index (κ2) is 7.59. The molecule has 1 atom stereocenters. The lowest BCUT2D eigenvalue weighted by molar-refractivity contribution is 0.0630. The van der Waals surface area contributed by atoms with Gasteiger partial charge in [0.05, 0.1) is 0 Å². The lowest BCUT2D eigenvalue weighted by atomic mass is 9.82. The van der Waals surface area contributed by atoms with Gasteiger partial charge in [-0.05, 0) is 50.0 Å². The van der Waals surface area contributed by atoms with Crippen molar-refractivity contribution in [2.75, 3.05) is 13.1 Å². The molecule has 3 nitrogen and oxygen atoms in total. The Balaban J connectivity index is 2.21. The van der Waals surface area contributed by atoms with Crippen molar-refractivity contribution in [1.29, 1.82) is 0 Å². The number of hydrogen-bond donors (Lipinski definition) is 2. The van der Waals surface area contributed by atoms with Crippen LogP contribution in [-0.4, -0.2) is 29.6 Å². The highest BCUT2D eigenvalue weighted by Crippen LogP contribution is 2.39. The summed E-state index contributed by atoms with van der Waals surface area (Å²) in [7, 11) is 0. The van der Waals surface area contributed by atoms with Crippen LogP contribution in [0.1, 0.15) is 45.1 Å². The molecule has 0 amide bonds. The number of nitrogens with two attached hydrogens (primary N) is 1. The fraction of sp³-hybridized carbons (Fsp3) is 0.647. The first-order valence-corrected chi connectivity index (χ1v) is 8.49. The van der Waals surface area contributed by atoms with Gasteiger partial charge in [-0.1, -0.05) is 50.4 Å². The molecule has 0 aliphatic heterocycles. The molecule has 118 valence electrons. The number of rotatable bonds is 7. The molecule has 1 aliphatic carbocycles. The monoisotopic (exact) mass is 309 g/mol. The number of halogens is 1. The van der Waals surface area contributed by atoms with E-state index in [-0.39, 0.29) is 11.6 Å². The highest BCUT2D eigenvalue weighted by Gasteiger charge is 2.44. The minimum Gasteiger partial charge on any atom is -0.297 e. The average molecular weight is 310 g/mol. The van der Waals surface area contributed by atoms with Crippen molar-refractivity contribution in [3.63, 3.8) is 0 Å². The molecule has 3 N–H and O–H groups in total. The summed E-state index contributed by atoms with van der Waals surface area (Å²) in [5.74, 6) is 5.96. The minimum absolute atomic E-state index is 0.192. The molecule has 1 aromatic carbocycles. The fourth-order valence-electron chi connectivity index (χ4n) is 3.99. The number of hydrogen-bond acceptors (Lipinski definition) is 3. The normalized spacial score (nSPS) is 19.1. The molecular formula is C17H28ClN3. The van der Waals surface area contributed by atoms with Gasteiger partial charge < -0.3 is 0 Å². The molecule has 4 heteroatoms. The van der Waals surface area contributed by atoms with Crippen molar-refractivity contribution in [2.24, 2.45) is 5.84 Å². The molecule has 1 aliphatic rings. The molecule has 1 fully saturated rings. The molecule has 1 aromatic rings. The van der Waals surface area contributed by atoms with Crippen LogP contribution in [0.4, 0.5) is 0 Å². The summed E-state index contributed by atoms with van der Waals surface area (Å²) >= 11 is 5.98. The molecule has 0 bridgehead atoms. The summed E-state index contributed by atoms with van der Waals surface area (Å²) < 4.78 is 0. The van der Waals surface area contributed by atoms with Crippen LogP contribution >= 0.6 is 11.6 Å². The Morgan fingerprint density at radius 1 is 1.19 bits per heavy atom. The van der Waals surface area contributed by atoms with E-state index >= 15 is 0 Å². The van der Waals surface area contributed by atoms with Gasteiger partial charge in [-0.25, -0.2) is 0 Å². The van der Waals surface area contributed by atoms with E-state index in [2.05, 4.69) is 36.3 Å². The van der Waals surface area contributed by atoms with Crippen molar-refractivity contribution in [3.05, 3.63) is 34.9 Å². The van der Waals surface area contributed by atoms with E-state index in [1.165, 1.54) is 31.2 Å². The summed E-state index contributed by atoms with van der Waals surface area (Å²) in [6.07, 6.45) is 6.02. The van der Waals surface area contributed by atoms with Crippen LogP contribution < -0.4 is 11.3 Å². The third-order valence-corrected chi connectivity index (χ3v) is 5.32. The number of nitrogens with one attached hydrogen (secondary N) is 1. The molecule has 0 radical (unpaired) electrons. The number of benzene rings is 1. The van der Waals surface area contributed by atoms with E-state index in [4.69, 9.17) is 17.4 Å². The molecule has 21 heavy (non-hydrogen) atoms. The topological polar surface area (TPSA) is 41.3 Å². The largest absolute Gasteiger partial charge is 0.297 e. The molecule has 0 aromatic heterocycles. The molecule has 1 unspecified atom stereocenters. The Hall–Kier alpha value is -0.610. The molecule has 2 rings (SSSR count). The molecule has 1 saturated carbocycles. The van der Waals surface area contributed by atoms with Crippen LogP contribution in [-0.2, 0) is 6.42 Å². The Labute approximate surface area is 133 Å². The van der Waals surface area contributed by atoms with E-state index in [1.807, 2.05) is 12.1 Å². The summed E-state index contributed by atoms with van der Waals surface area (Å²) in [6.45, 7) is 6.66. The Morgan fingerprint density at radius 3 is 2.24 bits per heavy atom. The van der Waals surface area contributed by atoms with Crippen LogP contribution in [0, 0.1) is 0 Å². The van der Waals surface area contributed by atoms with Crippen molar-refractivity contribution in [1.82, 2.24) is 10.3 Å². The Morgan fingerprint density at radius 2 is 1.76 bits per heavy atom. The van der Waals surface area contributed by atoms with Gasteiger partial charge in [0.1, 0.15) is 0 Å². The van der Waals surface area contributed by atoms with Gasteiger partial charge in [0.15, 0.2) is 0 Å². The van der Waals surface area contributed by atoms with E-state index in [0.717, 1.165) is 24.5 Å². The van der Waals surface area contributed by atoms with Crippen molar-refractivity contribution in [3.8, 4) is 0 Å². The number of nitrogens with zero attached hydrogens (tertiary/aromatic N) is 1. The van der Waals surface area contributed by atoms with Crippen LogP contribution in [0.2, 0.25) is 5.02 Å². The molecule has 0 spiro atoms. The maximum Gasteiger partial charge on any atom is 0.0435 e. The van der Waals surface area contributed by atoms with Gasteiger partial charge in [0.25, 0.3) is 0 Å². The second-order valence-electron chi connectivity index (χ2n) is 6.03. The molecule has 0 heterocycles. The fourth-order valence-corrected chi connectivity index (χ4v) is 4.11. The number of hydrazine groups is 1. The molecular weight excluding hydrogens is 282 g/mol. The SMILES string of the molecule is CCN(CC)C1(C(Cc2ccc(Cl)cc2)NN)CCCC1. The average Bonchev–Trinajstić information content (AvgIpc) is 2.98. The molecule has 0 saturated heterocycles. The predicted molar refractivity (Wildman–Crippen MR) is 90.4 cm³/mol. The first-order chi connectivity index (χ1) is 10.2. The van der Waals surface area contributed by atoms with Crippen LogP contribution in [0.25, 0.3) is 0 Å². The maximum atomic E-state index is 5.98. The van der Waals surface area contributed by atoms with Crippen LogP contribution in [0.5, 0.6) is 0 Å². The van der Waals surface area contributed by atoms with Gasteiger partial charge >= 0.3 is 0 Å². The highest BCUT2D eigenvalue weighted by atomic mass is 35.5. The van der Waals surface area contributed by atoms with Crippen molar-refractivity contribution < 1.29 is 0 Å². The van der Waals surface area contributed by atoms with Crippen LogP contribution in [0.3, 0.4) is 0 Å². The van der Waals surface area contributed by atoms with E-state index in [1.54, 1.807) is 0 Å². The zero-order valence-corrected chi connectivity index (χ0v) is 14.0. The summed E-state index contributed by atoms with van der Waals surface area (Å²) in [6, 6.07) is 8.42. The van der Waals surface area contributed by atoms with E-state index in [9.17, 15) is 0 Å². The maximum absolute atomic E-state index is 5.98. The third-order valence-electron chi connectivity index (χ3n) is 5.07. The minimum atomic E-state index is 0.192. The van der Waals surface area contributed by atoms with E-state index < -0.39 is 0 Å². The summed E-state index contributed by atoms with van der Waals surface area (Å²) in [5, 5.41) is 0.787. The van der Waals surface area contributed by atoms with Gasteiger partial charge in [-0.15, -0.1) is 0 Å². The lowest BCUT2D eigenvalue weighted by Crippen LogP contribution is -2.62. The standard InChI is InChI=1S/C17H28ClN3/c1-3-21(4-2)17(11-5-6-12-17)16(20-19)13-14-7-9-15(18)10-8-14/h7-10,16,20H,3-6,11-13,19H2,1-2H3. The first kappa shape index (κ1) is 16.8. The van der Waals surface area contributed by atoms with Gasteiger partial charge in [0.2, 0.25) is 0 Å². The summed E-state index contributed by atoms with van der Waals surface area (Å²) in [5.41, 5.74) is 4.61. The zero-order valence-electron chi connectivity index (χ0n) is 13.2. The second-order valence-corrected chi connectivity index (χ2v) is 6.47. The Bertz CT molecular complexity index is 422. The van der Waals surface area contributed by atoms with Gasteiger partial charge in [0, 0.05) is 16.6 Å². The Kier molecular flexibility index (Phi) is 6.06.